The van der Waals surface area contributed by atoms with Crippen molar-refractivity contribution < 1.29 is 4.79 Å². The average molecular weight is 299 g/mol. The number of amides is 1. The number of carbonyl (C=O) groups excluding carboxylic acids is 1. The van der Waals surface area contributed by atoms with Gasteiger partial charge in [-0.2, -0.15) is 0 Å². The van der Waals surface area contributed by atoms with Crippen LogP contribution in [0.15, 0.2) is 41.9 Å². The second kappa shape index (κ2) is 5.84. The van der Waals surface area contributed by atoms with Crippen LogP contribution in [0, 0.1) is 0 Å². The topological polar surface area (TPSA) is 83.6 Å². The summed E-state index contributed by atoms with van der Waals surface area (Å²) in [5.41, 5.74) is 2.29. The van der Waals surface area contributed by atoms with Gasteiger partial charge in [-0.05, 0) is 24.0 Å². The molecule has 2 heterocycles. The second-order valence-electron chi connectivity index (χ2n) is 4.53. The van der Waals surface area contributed by atoms with Gasteiger partial charge in [-0.3, -0.25) is 4.79 Å². The van der Waals surface area contributed by atoms with Crippen LogP contribution in [-0.2, 0) is 0 Å². The zero-order valence-corrected chi connectivity index (χ0v) is 12.1. The number of aromatic nitrogens is 4. The van der Waals surface area contributed by atoms with Crippen LogP contribution >= 0.6 is 11.5 Å². The van der Waals surface area contributed by atoms with Crippen molar-refractivity contribution in [1.82, 2.24) is 24.9 Å². The van der Waals surface area contributed by atoms with Gasteiger partial charge in [0.1, 0.15) is 5.82 Å². The lowest BCUT2D eigenvalue weighted by molar-refractivity contribution is 0.0933. The van der Waals surface area contributed by atoms with Gasteiger partial charge in [0.2, 0.25) is 0 Å². The van der Waals surface area contributed by atoms with Gasteiger partial charge in [0.15, 0.2) is 5.69 Å². The minimum Gasteiger partial charge on any atom is -0.341 e. The predicted molar refractivity (Wildman–Crippen MR) is 79.8 cm³/mol. The van der Waals surface area contributed by atoms with E-state index in [1.165, 1.54) is 0 Å². The van der Waals surface area contributed by atoms with Crippen LogP contribution in [0.3, 0.4) is 0 Å². The van der Waals surface area contributed by atoms with E-state index in [1.807, 2.05) is 37.3 Å². The van der Waals surface area contributed by atoms with E-state index in [1.54, 1.807) is 11.6 Å². The number of nitrogens with zero attached hydrogens (tertiary/aromatic N) is 3. The molecule has 0 aliphatic heterocycles. The van der Waals surface area contributed by atoms with Crippen molar-refractivity contribution in [1.29, 1.82) is 0 Å². The van der Waals surface area contributed by atoms with E-state index in [-0.39, 0.29) is 11.9 Å². The van der Waals surface area contributed by atoms with Gasteiger partial charge in [-0.25, -0.2) is 4.98 Å². The lowest BCUT2D eigenvalue weighted by Crippen LogP contribution is -2.27. The molecule has 21 heavy (non-hydrogen) atoms. The molecule has 0 saturated heterocycles. The Hall–Kier alpha value is -2.54. The average Bonchev–Trinajstić information content (AvgIpc) is 3.20. The van der Waals surface area contributed by atoms with E-state index < -0.39 is 0 Å². The van der Waals surface area contributed by atoms with E-state index in [0.717, 1.165) is 22.8 Å². The summed E-state index contributed by atoms with van der Waals surface area (Å²) in [7, 11) is 0. The molecule has 0 bridgehead atoms. The number of H-pyrrole nitrogens is 1. The monoisotopic (exact) mass is 299 g/mol. The molecular weight excluding hydrogens is 286 g/mol. The molecule has 1 amide bonds. The number of imidazole rings is 1. The summed E-state index contributed by atoms with van der Waals surface area (Å²) in [5.74, 6) is 0.444. The molecule has 2 N–H and O–H groups in total. The molecule has 6 nitrogen and oxygen atoms in total. The lowest BCUT2D eigenvalue weighted by Gasteiger charge is -2.09. The minimum absolute atomic E-state index is 0.239. The first kappa shape index (κ1) is 13.4. The van der Waals surface area contributed by atoms with E-state index in [0.29, 0.717) is 11.5 Å². The summed E-state index contributed by atoms with van der Waals surface area (Å²) < 4.78 is 3.67. The highest BCUT2D eigenvalue weighted by Gasteiger charge is 2.16. The Bertz CT molecular complexity index is 723. The first-order chi connectivity index (χ1) is 10.2. The van der Waals surface area contributed by atoms with Crippen LogP contribution in [0.2, 0.25) is 0 Å². The zero-order valence-electron chi connectivity index (χ0n) is 11.3. The molecule has 0 saturated carbocycles. The predicted octanol–water partition coefficient (Wildman–Crippen LogP) is 2.42. The second-order valence-corrected chi connectivity index (χ2v) is 5.14. The molecule has 0 fully saturated rings. The first-order valence-corrected chi connectivity index (χ1v) is 7.26. The highest BCUT2D eigenvalue weighted by molar-refractivity contribution is 7.03. The number of carbonyl (C=O) groups is 1. The molecule has 0 aliphatic carbocycles. The molecule has 3 aromatic rings. The molecule has 1 unspecified atom stereocenters. The molecule has 2 aromatic heterocycles. The Morgan fingerprint density at radius 2 is 2.14 bits per heavy atom. The summed E-state index contributed by atoms with van der Waals surface area (Å²) in [6.07, 6.45) is 1.76. The van der Waals surface area contributed by atoms with Gasteiger partial charge in [0.05, 0.1) is 17.9 Å². The Labute approximate surface area is 125 Å². The fourth-order valence-corrected chi connectivity index (χ4v) is 2.36. The van der Waals surface area contributed by atoms with Crippen molar-refractivity contribution in [3.63, 3.8) is 0 Å². The Balaban J connectivity index is 1.73. The summed E-state index contributed by atoms with van der Waals surface area (Å²) in [5, 5.41) is 8.19. The molecule has 1 atom stereocenters. The maximum absolute atomic E-state index is 11.9. The van der Waals surface area contributed by atoms with Crippen LogP contribution in [0.5, 0.6) is 0 Å². The zero-order chi connectivity index (χ0) is 14.7. The van der Waals surface area contributed by atoms with E-state index in [2.05, 4.69) is 24.9 Å². The third-order valence-electron chi connectivity index (χ3n) is 3.03. The Kier molecular flexibility index (Phi) is 3.74. The fraction of sp³-hybridized carbons (Fsp3) is 0.143. The lowest BCUT2D eigenvalue weighted by atomic mass is 10.2. The highest BCUT2D eigenvalue weighted by atomic mass is 32.1. The van der Waals surface area contributed by atoms with Gasteiger partial charge < -0.3 is 10.3 Å². The van der Waals surface area contributed by atoms with Crippen molar-refractivity contribution in [3.05, 3.63) is 53.4 Å². The van der Waals surface area contributed by atoms with Gasteiger partial charge in [-0.15, -0.1) is 5.10 Å². The third-order valence-corrected chi connectivity index (χ3v) is 3.54. The molecule has 1 aromatic carbocycles. The van der Waals surface area contributed by atoms with Crippen LogP contribution in [0.1, 0.15) is 29.3 Å². The van der Waals surface area contributed by atoms with E-state index in [4.69, 9.17) is 0 Å². The quantitative estimate of drug-likeness (QED) is 0.775. The summed E-state index contributed by atoms with van der Waals surface area (Å²) in [6.45, 7) is 1.87. The Morgan fingerprint density at radius 1 is 1.33 bits per heavy atom. The van der Waals surface area contributed by atoms with Gasteiger partial charge in [0.25, 0.3) is 5.91 Å². The van der Waals surface area contributed by atoms with Crippen molar-refractivity contribution in [2.24, 2.45) is 0 Å². The number of rotatable bonds is 4. The molecule has 7 heteroatoms. The number of aromatic amines is 1. The van der Waals surface area contributed by atoms with Gasteiger partial charge in [-0.1, -0.05) is 34.8 Å². The third kappa shape index (κ3) is 2.97. The maximum atomic E-state index is 11.9. The molecule has 0 radical (unpaired) electrons. The van der Waals surface area contributed by atoms with Crippen LogP contribution in [0.4, 0.5) is 0 Å². The number of nitrogens with one attached hydrogen (secondary N) is 2. The van der Waals surface area contributed by atoms with Crippen molar-refractivity contribution >= 4 is 17.4 Å². The van der Waals surface area contributed by atoms with Crippen LogP contribution < -0.4 is 5.32 Å². The van der Waals surface area contributed by atoms with Gasteiger partial charge in [0, 0.05) is 5.38 Å². The summed E-state index contributed by atoms with van der Waals surface area (Å²) in [4.78, 5) is 19.5. The van der Waals surface area contributed by atoms with Crippen LogP contribution in [0.25, 0.3) is 11.3 Å². The van der Waals surface area contributed by atoms with E-state index in [9.17, 15) is 4.79 Å². The van der Waals surface area contributed by atoms with Crippen molar-refractivity contribution in [2.45, 2.75) is 13.0 Å². The highest BCUT2D eigenvalue weighted by Crippen LogP contribution is 2.18. The smallest absolute Gasteiger partial charge is 0.273 e. The standard InChI is InChI=1S/C14H13N5OS/c1-9(16-14(20)12-8-21-19-18-12)13-15-7-11(17-13)10-5-3-2-4-6-10/h2-9H,1H3,(H,15,17)(H,16,20). The van der Waals surface area contributed by atoms with Crippen LogP contribution in [-0.4, -0.2) is 25.5 Å². The number of hydrogen-bond acceptors (Lipinski definition) is 5. The van der Waals surface area contributed by atoms with Crippen molar-refractivity contribution in [3.8, 4) is 11.3 Å². The SMILES string of the molecule is CC(NC(=O)c1csnn1)c1ncc(-c2ccccc2)[nH]1. The fourth-order valence-electron chi connectivity index (χ4n) is 1.92. The molecule has 0 aliphatic rings. The van der Waals surface area contributed by atoms with E-state index >= 15 is 0 Å². The molecular formula is C14H13N5OS. The maximum Gasteiger partial charge on any atom is 0.273 e. The Morgan fingerprint density at radius 3 is 2.86 bits per heavy atom. The minimum atomic E-state index is -0.256. The molecule has 106 valence electrons. The number of benzene rings is 1. The van der Waals surface area contributed by atoms with Gasteiger partial charge >= 0.3 is 0 Å². The summed E-state index contributed by atoms with van der Waals surface area (Å²) >= 11 is 1.15. The van der Waals surface area contributed by atoms with Crippen molar-refractivity contribution in [2.75, 3.05) is 0 Å². The molecule has 3 rings (SSSR count). The molecule has 0 spiro atoms. The first-order valence-electron chi connectivity index (χ1n) is 6.42. The number of hydrogen-bond donors (Lipinski definition) is 2. The normalized spacial score (nSPS) is 12.0. The summed E-state index contributed by atoms with van der Waals surface area (Å²) in [6, 6.07) is 9.66. The largest absolute Gasteiger partial charge is 0.341 e.